The maximum absolute atomic E-state index is 12.8. The van der Waals surface area contributed by atoms with Crippen LogP contribution < -0.4 is 10.1 Å². The minimum atomic E-state index is -0.269. The van der Waals surface area contributed by atoms with Crippen molar-refractivity contribution >= 4 is 11.9 Å². The van der Waals surface area contributed by atoms with E-state index in [0.717, 1.165) is 24.8 Å². The number of carbonyl (C=O) groups excluding carboxylic acids is 2. The van der Waals surface area contributed by atoms with Crippen LogP contribution in [0.3, 0.4) is 0 Å². The number of ether oxygens (including phenoxy) is 2. The third kappa shape index (κ3) is 5.05. The van der Waals surface area contributed by atoms with Crippen LogP contribution in [0, 0.1) is 0 Å². The van der Waals surface area contributed by atoms with E-state index in [1.54, 1.807) is 19.2 Å². The normalized spacial score (nSPS) is 18.5. The van der Waals surface area contributed by atoms with Crippen LogP contribution in [-0.2, 0) is 14.9 Å². The molecule has 1 amide bonds. The number of allylic oxidation sites excluding steroid dienone is 1. The van der Waals surface area contributed by atoms with Crippen LogP contribution in [0.5, 0.6) is 5.75 Å². The summed E-state index contributed by atoms with van der Waals surface area (Å²) in [7, 11) is 1.56. The molecular weight excluding hydrogens is 366 g/mol. The van der Waals surface area contributed by atoms with Crippen molar-refractivity contribution in [3.05, 3.63) is 77.4 Å². The zero-order valence-electron chi connectivity index (χ0n) is 16.9. The Labute approximate surface area is 171 Å². The van der Waals surface area contributed by atoms with E-state index >= 15 is 0 Å². The predicted octanol–water partition coefficient (Wildman–Crippen LogP) is 4.04. The largest absolute Gasteiger partial charge is 0.496 e. The van der Waals surface area contributed by atoms with Gasteiger partial charge in [-0.1, -0.05) is 48.5 Å². The molecule has 1 aliphatic rings. The van der Waals surface area contributed by atoms with Gasteiger partial charge in [0.1, 0.15) is 12.4 Å². The molecule has 0 fully saturated rings. The summed E-state index contributed by atoms with van der Waals surface area (Å²) >= 11 is 0. The highest BCUT2D eigenvalue weighted by Crippen LogP contribution is 2.38. The van der Waals surface area contributed by atoms with E-state index in [1.807, 2.05) is 30.3 Å². The van der Waals surface area contributed by atoms with E-state index < -0.39 is 0 Å². The number of rotatable bonds is 7. The molecule has 3 rings (SSSR count). The quantitative estimate of drug-likeness (QED) is 0.570. The monoisotopic (exact) mass is 393 g/mol. The van der Waals surface area contributed by atoms with Crippen molar-refractivity contribution in [1.29, 1.82) is 0 Å². The maximum Gasteiger partial charge on any atom is 0.302 e. The number of para-hydroxylation sites is 1. The molecule has 0 bridgehead atoms. The number of benzene rings is 2. The summed E-state index contributed by atoms with van der Waals surface area (Å²) in [4.78, 5) is 23.9. The topological polar surface area (TPSA) is 64.6 Å². The van der Waals surface area contributed by atoms with Crippen molar-refractivity contribution in [2.75, 3.05) is 20.3 Å². The first-order valence-electron chi connectivity index (χ1n) is 9.82. The molecular formula is C24H27NO4. The van der Waals surface area contributed by atoms with Gasteiger partial charge in [-0.15, -0.1) is 0 Å². The van der Waals surface area contributed by atoms with Gasteiger partial charge in [0.2, 0.25) is 0 Å². The lowest BCUT2D eigenvalue weighted by molar-refractivity contribution is -0.140. The van der Waals surface area contributed by atoms with Crippen molar-refractivity contribution in [3.63, 3.8) is 0 Å². The summed E-state index contributed by atoms with van der Waals surface area (Å²) in [6.45, 7) is 2.28. The van der Waals surface area contributed by atoms with Crippen molar-refractivity contribution < 1.29 is 19.1 Å². The molecule has 0 saturated heterocycles. The Bertz CT molecular complexity index is 891. The van der Waals surface area contributed by atoms with E-state index in [4.69, 9.17) is 9.47 Å². The van der Waals surface area contributed by atoms with Crippen LogP contribution in [0.2, 0.25) is 0 Å². The number of methoxy groups -OCH3 is 1. The van der Waals surface area contributed by atoms with E-state index in [9.17, 15) is 9.59 Å². The van der Waals surface area contributed by atoms with Crippen molar-refractivity contribution in [2.24, 2.45) is 0 Å². The molecule has 5 nitrogen and oxygen atoms in total. The van der Waals surface area contributed by atoms with Crippen molar-refractivity contribution in [3.8, 4) is 5.75 Å². The van der Waals surface area contributed by atoms with Crippen molar-refractivity contribution in [2.45, 2.75) is 31.6 Å². The fourth-order valence-corrected chi connectivity index (χ4v) is 3.76. The number of hydrogen-bond acceptors (Lipinski definition) is 4. The molecule has 5 heteroatoms. The summed E-state index contributed by atoms with van der Waals surface area (Å²) in [5.74, 6) is 0.147. The number of carbonyl (C=O) groups is 2. The zero-order valence-corrected chi connectivity index (χ0v) is 16.9. The van der Waals surface area contributed by atoms with Gasteiger partial charge in [0.25, 0.3) is 5.91 Å². The van der Waals surface area contributed by atoms with E-state index in [-0.39, 0.29) is 17.3 Å². The van der Waals surface area contributed by atoms with Crippen LogP contribution in [0.25, 0.3) is 0 Å². The lowest BCUT2D eigenvalue weighted by atomic mass is 9.70. The van der Waals surface area contributed by atoms with Crippen LogP contribution in [-0.4, -0.2) is 32.1 Å². The number of amides is 1. The van der Waals surface area contributed by atoms with Gasteiger partial charge in [0.05, 0.1) is 12.7 Å². The fourth-order valence-electron chi connectivity index (χ4n) is 3.76. The second kappa shape index (κ2) is 9.41. The molecule has 2 aromatic carbocycles. The fraction of sp³-hybridized carbons (Fsp3) is 0.333. The molecule has 0 unspecified atom stereocenters. The lowest BCUT2D eigenvalue weighted by Gasteiger charge is -2.37. The first-order valence-corrected chi connectivity index (χ1v) is 9.82. The number of nitrogens with one attached hydrogen (secondary N) is 1. The summed E-state index contributed by atoms with van der Waals surface area (Å²) < 4.78 is 10.5. The van der Waals surface area contributed by atoms with Gasteiger partial charge in [-0.25, -0.2) is 0 Å². The highest BCUT2D eigenvalue weighted by Gasteiger charge is 2.34. The summed E-state index contributed by atoms with van der Waals surface area (Å²) in [5, 5.41) is 3.11. The summed E-state index contributed by atoms with van der Waals surface area (Å²) in [6, 6.07) is 17.5. The van der Waals surface area contributed by atoms with Gasteiger partial charge < -0.3 is 14.8 Å². The Hall–Kier alpha value is -3.08. The SMILES string of the molecule is COc1ccccc1C(=O)NC[C@@]1(c2ccccc2)CC=C(COC(C)=O)CC1. The highest BCUT2D eigenvalue weighted by atomic mass is 16.5. The molecule has 1 N–H and O–H groups in total. The van der Waals surface area contributed by atoms with E-state index in [2.05, 4.69) is 23.5 Å². The average molecular weight is 393 g/mol. The molecule has 0 spiro atoms. The molecule has 2 aromatic rings. The molecule has 1 atom stereocenters. The highest BCUT2D eigenvalue weighted by molar-refractivity contribution is 5.97. The zero-order chi connectivity index (χ0) is 20.7. The molecule has 152 valence electrons. The second-order valence-corrected chi connectivity index (χ2v) is 7.38. The smallest absolute Gasteiger partial charge is 0.302 e. The van der Waals surface area contributed by atoms with Crippen LogP contribution >= 0.6 is 0 Å². The summed E-state index contributed by atoms with van der Waals surface area (Å²) in [6.07, 6.45) is 4.62. The predicted molar refractivity (Wildman–Crippen MR) is 112 cm³/mol. The van der Waals surface area contributed by atoms with Gasteiger partial charge in [0.15, 0.2) is 0 Å². The Balaban J connectivity index is 1.77. The molecule has 0 aliphatic heterocycles. The molecule has 29 heavy (non-hydrogen) atoms. The minimum absolute atomic E-state index is 0.146. The summed E-state index contributed by atoms with van der Waals surface area (Å²) in [5.41, 5.74) is 2.66. The Morgan fingerprint density at radius 3 is 2.45 bits per heavy atom. The van der Waals surface area contributed by atoms with Crippen LogP contribution in [0.4, 0.5) is 0 Å². The standard InChI is InChI=1S/C24H27NO4/c1-18(26)29-16-19-12-14-24(15-13-19,20-8-4-3-5-9-20)17-25-23(27)21-10-6-7-11-22(21)28-2/h3-12H,13-17H2,1-2H3,(H,25,27)/t24-/m1/s1. The van der Waals surface area contributed by atoms with Crippen LogP contribution in [0.1, 0.15) is 42.1 Å². The van der Waals surface area contributed by atoms with Gasteiger partial charge in [-0.3, -0.25) is 9.59 Å². The van der Waals surface area contributed by atoms with E-state index in [0.29, 0.717) is 24.5 Å². The Morgan fingerprint density at radius 2 is 1.79 bits per heavy atom. The maximum atomic E-state index is 12.8. The molecule has 0 aromatic heterocycles. The Morgan fingerprint density at radius 1 is 1.07 bits per heavy atom. The molecule has 0 heterocycles. The van der Waals surface area contributed by atoms with Gasteiger partial charge >= 0.3 is 5.97 Å². The molecule has 0 saturated carbocycles. The third-order valence-corrected chi connectivity index (χ3v) is 5.49. The van der Waals surface area contributed by atoms with Gasteiger partial charge in [-0.2, -0.15) is 0 Å². The molecule has 1 aliphatic carbocycles. The first-order chi connectivity index (χ1) is 14.0. The lowest BCUT2D eigenvalue weighted by Crippen LogP contribution is -2.42. The first kappa shape index (κ1) is 20.6. The van der Waals surface area contributed by atoms with E-state index in [1.165, 1.54) is 12.5 Å². The second-order valence-electron chi connectivity index (χ2n) is 7.38. The average Bonchev–Trinajstić information content (AvgIpc) is 2.77. The number of hydrogen-bond donors (Lipinski definition) is 1. The minimum Gasteiger partial charge on any atom is -0.496 e. The van der Waals surface area contributed by atoms with Gasteiger partial charge in [0, 0.05) is 18.9 Å². The molecule has 0 radical (unpaired) electrons. The number of esters is 1. The third-order valence-electron chi connectivity index (χ3n) is 5.49. The van der Waals surface area contributed by atoms with Crippen LogP contribution in [0.15, 0.2) is 66.2 Å². The van der Waals surface area contributed by atoms with Gasteiger partial charge in [-0.05, 0) is 42.5 Å². The van der Waals surface area contributed by atoms with Crippen molar-refractivity contribution in [1.82, 2.24) is 5.32 Å². The Kier molecular flexibility index (Phi) is 6.70.